The van der Waals surface area contributed by atoms with Crippen molar-refractivity contribution in [3.8, 4) is 17.1 Å². The van der Waals surface area contributed by atoms with Crippen LogP contribution in [0.4, 0.5) is 0 Å². The Bertz CT molecular complexity index is 1130. The predicted octanol–water partition coefficient (Wildman–Crippen LogP) is 4.92. The molecule has 4 aromatic rings. The van der Waals surface area contributed by atoms with E-state index in [0.29, 0.717) is 28.2 Å². The summed E-state index contributed by atoms with van der Waals surface area (Å²) in [5.74, 6) is 0.441. The summed E-state index contributed by atoms with van der Waals surface area (Å²) in [4.78, 5) is 23.8. The highest BCUT2D eigenvalue weighted by molar-refractivity contribution is 5.99. The van der Waals surface area contributed by atoms with Crippen molar-refractivity contribution in [2.75, 3.05) is 0 Å². The number of ketones is 1. The van der Waals surface area contributed by atoms with Crippen LogP contribution in [0.2, 0.25) is 0 Å². The van der Waals surface area contributed by atoms with Crippen LogP contribution in [0.15, 0.2) is 77.3 Å². The molecule has 5 heteroatoms. The van der Waals surface area contributed by atoms with Gasteiger partial charge in [0.2, 0.25) is 0 Å². The Balaban J connectivity index is 1.63. The molecule has 0 aliphatic rings. The molecule has 5 nitrogen and oxygen atoms in total. The van der Waals surface area contributed by atoms with Gasteiger partial charge in [-0.1, -0.05) is 35.5 Å². The summed E-state index contributed by atoms with van der Waals surface area (Å²) >= 11 is 0. The molecule has 132 valence electrons. The number of Topliss-reactive ketones (excluding diaryl/α,β-unsaturated/α-hetero) is 1. The fourth-order valence-corrected chi connectivity index (χ4v) is 2.79. The van der Waals surface area contributed by atoms with Gasteiger partial charge in [0.05, 0.1) is 10.9 Å². The van der Waals surface area contributed by atoms with Crippen LogP contribution < -0.4 is 4.74 Å². The third-order valence-electron chi connectivity index (χ3n) is 4.22. The Morgan fingerprint density at radius 3 is 2.30 bits per heavy atom. The van der Waals surface area contributed by atoms with Gasteiger partial charge in [0.25, 0.3) is 0 Å². The van der Waals surface area contributed by atoms with Gasteiger partial charge in [-0.25, -0.2) is 4.79 Å². The first kappa shape index (κ1) is 16.7. The fraction of sp³-hybridized carbons (Fsp3) is 0.0455. The van der Waals surface area contributed by atoms with Gasteiger partial charge < -0.3 is 9.26 Å². The van der Waals surface area contributed by atoms with E-state index in [2.05, 4.69) is 5.16 Å². The van der Waals surface area contributed by atoms with E-state index in [-0.39, 0.29) is 5.78 Å². The van der Waals surface area contributed by atoms with Gasteiger partial charge in [-0.05, 0) is 49.4 Å². The predicted molar refractivity (Wildman–Crippen MR) is 101 cm³/mol. The monoisotopic (exact) mass is 357 g/mol. The minimum atomic E-state index is -0.493. The molecule has 0 fully saturated rings. The SMILES string of the molecule is CC(=O)c1ccc(OC(=O)c2ccc3noc(-c4ccccc4)c3c2)cc1. The first-order valence-corrected chi connectivity index (χ1v) is 8.40. The molecular weight excluding hydrogens is 342 g/mol. The van der Waals surface area contributed by atoms with Crippen LogP contribution in [0, 0.1) is 0 Å². The zero-order chi connectivity index (χ0) is 18.8. The number of esters is 1. The average Bonchev–Trinajstić information content (AvgIpc) is 3.12. The molecule has 3 aromatic carbocycles. The quantitative estimate of drug-likeness (QED) is 0.295. The molecule has 27 heavy (non-hydrogen) atoms. The molecule has 1 aromatic heterocycles. The van der Waals surface area contributed by atoms with Gasteiger partial charge in [0, 0.05) is 11.1 Å². The summed E-state index contributed by atoms with van der Waals surface area (Å²) < 4.78 is 10.9. The molecule has 0 radical (unpaired) electrons. The number of fused-ring (bicyclic) bond motifs is 1. The van der Waals surface area contributed by atoms with E-state index in [1.807, 2.05) is 30.3 Å². The van der Waals surface area contributed by atoms with Crippen molar-refractivity contribution < 1.29 is 18.8 Å². The summed E-state index contributed by atoms with van der Waals surface area (Å²) in [5.41, 5.74) is 2.49. The van der Waals surface area contributed by atoms with Crippen LogP contribution in [-0.2, 0) is 0 Å². The number of nitrogens with zero attached hydrogens (tertiary/aromatic N) is 1. The second kappa shape index (κ2) is 6.88. The number of aromatic nitrogens is 1. The number of hydrogen-bond donors (Lipinski definition) is 0. The molecule has 0 aliphatic carbocycles. The lowest BCUT2D eigenvalue weighted by Crippen LogP contribution is -2.08. The van der Waals surface area contributed by atoms with Gasteiger partial charge in [0.1, 0.15) is 11.3 Å². The Labute approximate surface area is 155 Å². The molecular formula is C22H15NO4. The molecule has 1 heterocycles. The first-order chi connectivity index (χ1) is 13.1. The van der Waals surface area contributed by atoms with Gasteiger partial charge >= 0.3 is 5.97 Å². The summed E-state index contributed by atoms with van der Waals surface area (Å²) in [5, 5.41) is 4.79. The molecule has 0 amide bonds. The maximum atomic E-state index is 12.5. The molecule has 0 bridgehead atoms. The topological polar surface area (TPSA) is 69.4 Å². The smallest absolute Gasteiger partial charge is 0.343 e. The van der Waals surface area contributed by atoms with Gasteiger partial charge in [-0.3, -0.25) is 4.79 Å². The van der Waals surface area contributed by atoms with Crippen molar-refractivity contribution >= 4 is 22.7 Å². The van der Waals surface area contributed by atoms with E-state index in [4.69, 9.17) is 9.26 Å². The van der Waals surface area contributed by atoms with E-state index in [0.717, 1.165) is 10.9 Å². The minimum absolute atomic E-state index is 0.0424. The van der Waals surface area contributed by atoms with Crippen LogP contribution >= 0.6 is 0 Å². The molecule has 0 atom stereocenters. The second-order valence-corrected chi connectivity index (χ2v) is 6.08. The van der Waals surface area contributed by atoms with E-state index in [1.165, 1.54) is 6.92 Å². The van der Waals surface area contributed by atoms with Gasteiger partial charge in [0.15, 0.2) is 11.5 Å². The highest BCUT2D eigenvalue weighted by Gasteiger charge is 2.15. The molecule has 4 rings (SSSR count). The summed E-state index contributed by atoms with van der Waals surface area (Å²) in [6.07, 6.45) is 0. The third-order valence-corrected chi connectivity index (χ3v) is 4.22. The first-order valence-electron chi connectivity index (χ1n) is 8.40. The molecule has 0 N–H and O–H groups in total. The van der Waals surface area contributed by atoms with Crippen molar-refractivity contribution in [2.24, 2.45) is 0 Å². The van der Waals surface area contributed by atoms with Crippen LogP contribution in [0.1, 0.15) is 27.6 Å². The highest BCUT2D eigenvalue weighted by Crippen LogP contribution is 2.29. The van der Waals surface area contributed by atoms with Gasteiger partial charge in [-0.2, -0.15) is 0 Å². The summed E-state index contributed by atoms with van der Waals surface area (Å²) in [6, 6.07) is 21.1. The largest absolute Gasteiger partial charge is 0.423 e. The van der Waals surface area contributed by atoms with Crippen LogP contribution in [0.5, 0.6) is 5.75 Å². The standard InChI is InChI=1S/C22H15NO4/c1-14(24)15-7-10-18(11-8-15)26-22(25)17-9-12-20-19(13-17)21(27-23-20)16-5-3-2-4-6-16/h2-13H,1H3. The molecule has 0 saturated heterocycles. The molecule has 0 saturated carbocycles. The lowest BCUT2D eigenvalue weighted by atomic mass is 10.1. The lowest BCUT2D eigenvalue weighted by Gasteiger charge is -2.05. The zero-order valence-electron chi connectivity index (χ0n) is 14.5. The lowest BCUT2D eigenvalue weighted by molar-refractivity contribution is 0.0735. The molecule has 0 spiro atoms. The van der Waals surface area contributed by atoms with E-state index in [1.54, 1.807) is 42.5 Å². The number of carbonyl (C=O) groups excluding carboxylic acids is 2. The van der Waals surface area contributed by atoms with Crippen molar-refractivity contribution in [3.05, 3.63) is 83.9 Å². The van der Waals surface area contributed by atoms with Gasteiger partial charge in [-0.15, -0.1) is 0 Å². The Kier molecular flexibility index (Phi) is 4.26. The normalized spacial score (nSPS) is 10.7. The van der Waals surface area contributed by atoms with Crippen molar-refractivity contribution in [3.63, 3.8) is 0 Å². The van der Waals surface area contributed by atoms with E-state index in [9.17, 15) is 9.59 Å². The number of carbonyl (C=O) groups is 2. The maximum Gasteiger partial charge on any atom is 0.343 e. The van der Waals surface area contributed by atoms with Crippen LogP contribution in [-0.4, -0.2) is 16.9 Å². The second-order valence-electron chi connectivity index (χ2n) is 6.08. The number of benzene rings is 3. The Morgan fingerprint density at radius 1 is 0.889 bits per heavy atom. The highest BCUT2D eigenvalue weighted by atomic mass is 16.5. The Hall–Kier alpha value is -3.73. The number of ether oxygens (including phenoxy) is 1. The third kappa shape index (κ3) is 3.35. The Morgan fingerprint density at radius 2 is 1.59 bits per heavy atom. The molecule has 0 aliphatic heterocycles. The minimum Gasteiger partial charge on any atom is -0.423 e. The van der Waals surface area contributed by atoms with E-state index < -0.39 is 5.97 Å². The van der Waals surface area contributed by atoms with Crippen molar-refractivity contribution in [2.45, 2.75) is 6.92 Å². The van der Waals surface area contributed by atoms with Crippen molar-refractivity contribution in [1.82, 2.24) is 5.16 Å². The fourth-order valence-electron chi connectivity index (χ4n) is 2.79. The van der Waals surface area contributed by atoms with Crippen molar-refractivity contribution in [1.29, 1.82) is 0 Å². The average molecular weight is 357 g/mol. The number of rotatable bonds is 4. The number of hydrogen-bond acceptors (Lipinski definition) is 5. The van der Waals surface area contributed by atoms with E-state index >= 15 is 0 Å². The molecule has 0 unspecified atom stereocenters. The van der Waals surface area contributed by atoms with Crippen LogP contribution in [0.3, 0.4) is 0 Å². The maximum absolute atomic E-state index is 12.5. The van der Waals surface area contributed by atoms with Crippen LogP contribution in [0.25, 0.3) is 22.2 Å². The summed E-state index contributed by atoms with van der Waals surface area (Å²) in [7, 11) is 0. The zero-order valence-corrected chi connectivity index (χ0v) is 14.5. The summed E-state index contributed by atoms with van der Waals surface area (Å²) in [6.45, 7) is 1.49.